The summed E-state index contributed by atoms with van der Waals surface area (Å²) in [5, 5.41) is 2.87. The molecular formula is C26H16Cl2F3NO4. The number of alkyl halides is 3. The van der Waals surface area contributed by atoms with Crippen molar-refractivity contribution in [1.29, 1.82) is 0 Å². The molecule has 0 aliphatic carbocycles. The van der Waals surface area contributed by atoms with E-state index in [-0.39, 0.29) is 16.2 Å². The normalized spacial score (nSPS) is 11.5. The predicted molar refractivity (Wildman–Crippen MR) is 132 cm³/mol. The van der Waals surface area contributed by atoms with Crippen LogP contribution in [0.3, 0.4) is 0 Å². The number of hydrogen-bond acceptors (Lipinski definition) is 4. The molecule has 0 aliphatic rings. The molecule has 36 heavy (non-hydrogen) atoms. The fourth-order valence-electron chi connectivity index (χ4n) is 3.84. The van der Waals surface area contributed by atoms with Gasteiger partial charge in [-0.1, -0.05) is 41.4 Å². The van der Waals surface area contributed by atoms with Crippen LogP contribution in [0.2, 0.25) is 10.0 Å². The van der Waals surface area contributed by atoms with E-state index in [1.54, 1.807) is 31.2 Å². The molecule has 0 radical (unpaired) electrons. The van der Waals surface area contributed by atoms with Gasteiger partial charge in [0.15, 0.2) is 0 Å². The van der Waals surface area contributed by atoms with Crippen LogP contribution < -0.4 is 10.9 Å². The summed E-state index contributed by atoms with van der Waals surface area (Å²) in [7, 11) is 0. The van der Waals surface area contributed by atoms with Crippen molar-refractivity contribution < 1.29 is 27.2 Å². The number of aldehydes is 1. The first kappa shape index (κ1) is 25.5. The van der Waals surface area contributed by atoms with Gasteiger partial charge in [-0.15, -0.1) is 0 Å². The summed E-state index contributed by atoms with van der Waals surface area (Å²) in [5.74, 6) is -0.882. The van der Waals surface area contributed by atoms with Crippen molar-refractivity contribution in [1.82, 2.24) is 0 Å². The van der Waals surface area contributed by atoms with Gasteiger partial charge in [-0.05, 0) is 48.4 Å². The molecule has 4 rings (SSSR count). The van der Waals surface area contributed by atoms with E-state index in [0.29, 0.717) is 45.0 Å². The van der Waals surface area contributed by atoms with Crippen LogP contribution in [0.4, 0.5) is 18.9 Å². The smallest absolute Gasteiger partial charge is 0.418 e. The highest BCUT2D eigenvalue weighted by molar-refractivity contribution is 6.32. The maximum atomic E-state index is 13.5. The van der Waals surface area contributed by atoms with Gasteiger partial charge in [-0.3, -0.25) is 9.59 Å². The van der Waals surface area contributed by atoms with Gasteiger partial charge in [-0.2, -0.15) is 13.2 Å². The summed E-state index contributed by atoms with van der Waals surface area (Å²) in [6.07, 6.45) is -4.74. The summed E-state index contributed by atoms with van der Waals surface area (Å²) in [5.41, 5.74) is -0.682. The van der Waals surface area contributed by atoms with Gasteiger partial charge in [0.05, 0.1) is 23.2 Å². The number of fused-ring (bicyclic) bond motifs is 1. The number of carbonyl (C=O) groups excluding carboxylic acids is 2. The standard InChI is InChI=1S/C26H16Cl2F3NO4/c1-13-7-17-22(11-20(13)28)36-25(35)18(24(17)15-4-2-3-14(8-15)12-33)10-23(34)32-21-6-5-16(27)9-19(21)26(29,30)31/h2-9,11-12H,10H2,1H3,(H,32,34). The number of carbonyl (C=O) groups is 2. The second kappa shape index (κ2) is 9.79. The van der Waals surface area contributed by atoms with Crippen LogP contribution in [-0.2, 0) is 17.4 Å². The van der Waals surface area contributed by atoms with Crippen LogP contribution in [-0.4, -0.2) is 12.2 Å². The molecule has 10 heteroatoms. The number of nitrogens with one attached hydrogen (secondary N) is 1. The van der Waals surface area contributed by atoms with Gasteiger partial charge in [-0.25, -0.2) is 4.79 Å². The van der Waals surface area contributed by atoms with Gasteiger partial charge in [0.25, 0.3) is 0 Å². The molecular weight excluding hydrogens is 518 g/mol. The zero-order chi connectivity index (χ0) is 26.2. The highest BCUT2D eigenvalue weighted by atomic mass is 35.5. The SMILES string of the molecule is Cc1cc2c(-c3cccc(C=O)c3)c(CC(=O)Nc3ccc(Cl)cc3C(F)(F)F)c(=O)oc2cc1Cl. The van der Waals surface area contributed by atoms with Gasteiger partial charge >= 0.3 is 11.8 Å². The van der Waals surface area contributed by atoms with Gasteiger partial charge in [0, 0.05) is 32.6 Å². The largest absolute Gasteiger partial charge is 0.422 e. The van der Waals surface area contributed by atoms with Crippen LogP contribution >= 0.6 is 23.2 Å². The fraction of sp³-hybridized carbons (Fsp3) is 0.115. The molecule has 0 bridgehead atoms. The molecule has 0 spiro atoms. The second-order valence-electron chi connectivity index (χ2n) is 8.00. The maximum Gasteiger partial charge on any atom is 0.418 e. The van der Waals surface area contributed by atoms with E-state index in [2.05, 4.69) is 5.32 Å². The molecule has 1 N–H and O–H groups in total. The quantitative estimate of drug-likeness (QED) is 0.219. The van der Waals surface area contributed by atoms with E-state index in [1.165, 1.54) is 18.2 Å². The second-order valence-corrected chi connectivity index (χ2v) is 8.84. The van der Waals surface area contributed by atoms with Crippen LogP contribution in [0.25, 0.3) is 22.1 Å². The van der Waals surface area contributed by atoms with Gasteiger partial charge in [0.2, 0.25) is 5.91 Å². The minimum atomic E-state index is -4.77. The van der Waals surface area contributed by atoms with Crippen molar-refractivity contribution >= 4 is 52.1 Å². The molecule has 0 atom stereocenters. The molecule has 0 saturated carbocycles. The minimum Gasteiger partial charge on any atom is -0.422 e. The number of rotatable bonds is 5. The molecule has 1 heterocycles. The average Bonchev–Trinajstić information content (AvgIpc) is 2.81. The fourth-order valence-corrected chi connectivity index (χ4v) is 4.17. The minimum absolute atomic E-state index is 0.0905. The van der Waals surface area contributed by atoms with E-state index in [0.717, 1.165) is 6.07 Å². The number of hydrogen-bond donors (Lipinski definition) is 1. The van der Waals surface area contributed by atoms with Crippen LogP contribution in [0, 0.1) is 6.92 Å². The monoisotopic (exact) mass is 533 g/mol. The lowest BCUT2D eigenvalue weighted by Crippen LogP contribution is -2.22. The van der Waals surface area contributed by atoms with Crippen molar-refractivity contribution in [2.45, 2.75) is 19.5 Å². The molecule has 1 aromatic heterocycles. The number of benzene rings is 3. The van der Waals surface area contributed by atoms with Crippen molar-refractivity contribution in [3.8, 4) is 11.1 Å². The van der Waals surface area contributed by atoms with Crippen molar-refractivity contribution in [2.75, 3.05) is 5.32 Å². The Morgan fingerprint density at radius 1 is 1.08 bits per heavy atom. The lowest BCUT2D eigenvalue weighted by Gasteiger charge is -2.16. The average molecular weight is 534 g/mol. The van der Waals surface area contributed by atoms with Crippen molar-refractivity contribution in [2.24, 2.45) is 0 Å². The van der Waals surface area contributed by atoms with Crippen LogP contribution in [0.1, 0.15) is 27.0 Å². The Morgan fingerprint density at radius 3 is 2.53 bits per heavy atom. The van der Waals surface area contributed by atoms with Gasteiger partial charge in [0.1, 0.15) is 11.9 Å². The number of amides is 1. The molecule has 1 amide bonds. The van der Waals surface area contributed by atoms with Crippen molar-refractivity contribution in [3.63, 3.8) is 0 Å². The Bertz CT molecular complexity index is 1580. The summed E-state index contributed by atoms with van der Waals surface area (Å²) in [4.78, 5) is 37.2. The van der Waals surface area contributed by atoms with E-state index in [4.69, 9.17) is 27.6 Å². The topological polar surface area (TPSA) is 76.4 Å². The molecule has 0 unspecified atom stereocenters. The third kappa shape index (κ3) is 5.15. The lowest BCUT2D eigenvalue weighted by atomic mass is 9.93. The number of aryl methyl sites for hydroxylation is 1. The summed E-state index contributed by atoms with van der Waals surface area (Å²) < 4.78 is 45.8. The molecule has 5 nitrogen and oxygen atoms in total. The first-order valence-electron chi connectivity index (χ1n) is 10.5. The first-order chi connectivity index (χ1) is 17.0. The molecule has 0 fully saturated rings. The van der Waals surface area contributed by atoms with E-state index in [9.17, 15) is 27.6 Å². The zero-order valence-corrected chi connectivity index (χ0v) is 20.0. The summed E-state index contributed by atoms with van der Waals surface area (Å²) >= 11 is 11.9. The lowest BCUT2D eigenvalue weighted by molar-refractivity contribution is -0.137. The molecule has 4 aromatic rings. The van der Waals surface area contributed by atoms with Crippen LogP contribution in [0.5, 0.6) is 0 Å². The number of anilines is 1. The Hall–Kier alpha value is -3.62. The Balaban J connectivity index is 1.85. The van der Waals surface area contributed by atoms with Crippen molar-refractivity contribution in [3.05, 3.63) is 97.3 Å². The molecule has 184 valence electrons. The van der Waals surface area contributed by atoms with Crippen LogP contribution in [0.15, 0.2) is 63.8 Å². The van der Waals surface area contributed by atoms with E-state index < -0.39 is 35.4 Å². The maximum absolute atomic E-state index is 13.5. The van der Waals surface area contributed by atoms with E-state index in [1.807, 2.05) is 0 Å². The van der Waals surface area contributed by atoms with E-state index >= 15 is 0 Å². The number of halogens is 5. The Labute approximate surface area is 212 Å². The molecule has 0 aliphatic heterocycles. The predicted octanol–water partition coefficient (Wildman–Crippen LogP) is 7.09. The summed E-state index contributed by atoms with van der Waals surface area (Å²) in [6, 6.07) is 12.4. The highest BCUT2D eigenvalue weighted by Gasteiger charge is 2.34. The van der Waals surface area contributed by atoms with Gasteiger partial charge < -0.3 is 9.73 Å². The Kier molecular flexibility index (Phi) is 6.93. The highest BCUT2D eigenvalue weighted by Crippen LogP contribution is 2.37. The molecule has 3 aromatic carbocycles. The molecule has 0 saturated heterocycles. The Morgan fingerprint density at radius 2 is 1.83 bits per heavy atom. The first-order valence-corrected chi connectivity index (χ1v) is 11.2. The third-order valence-corrected chi connectivity index (χ3v) is 6.13. The zero-order valence-electron chi connectivity index (χ0n) is 18.5. The summed E-state index contributed by atoms with van der Waals surface area (Å²) in [6.45, 7) is 1.74. The third-order valence-electron chi connectivity index (χ3n) is 5.49.